The molecule has 4 rings (SSSR count). The minimum Gasteiger partial charge on any atom is -0.494 e. The van der Waals surface area contributed by atoms with Crippen molar-refractivity contribution in [2.24, 2.45) is 5.41 Å². The van der Waals surface area contributed by atoms with Crippen LogP contribution in [0, 0.1) is 5.41 Å². The van der Waals surface area contributed by atoms with E-state index >= 15 is 0 Å². The van der Waals surface area contributed by atoms with Gasteiger partial charge in [-0.2, -0.15) is 0 Å². The molecule has 1 aliphatic heterocycles. The van der Waals surface area contributed by atoms with Crippen molar-refractivity contribution in [1.82, 2.24) is 25.2 Å². The number of fused-ring (bicyclic) bond motifs is 1. The number of hydrogen-bond donors (Lipinski definition) is 3. The minimum absolute atomic E-state index is 0.0210. The lowest BCUT2D eigenvalue weighted by molar-refractivity contribution is -0.142. The number of pyridine rings is 1. The number of alkyl carbamates (subject to hydrolysis) is 1. The fourth-order valence-corrected chi connectivity index (χ4v) is 7.21. The summed E-state index contributed by atoms with van der Waals surface area (Å²) in [5.74, 6) is -1.49. The van der Waals surface area contributed by atoms with Crippen LogP contribution >= 0.6 is 11.6 Å². The van der Waals surface area contributed by atoms with Gasteiger partial charge < -0.3 is 29.7 Å². The van der Waals surface area contributed by atoms with Crippen LogP contribution in [0.5, 0.6) is 11.6 Å². The Hall–Kier alpha value is -4.11. The molecule has 14 nitrogen and oxygen atoms in total. The first kappa shape index (κ1) is 39.7. The Morgan fingerprint density at radius 3 is 2.37 bits per heavy atom. The molecule has 2 aromatic rings. The summed E-state index contributed by atoms with van der Waals surface area (Å²) in [5.41, 5.74) is -1.67. The lowest BCUT2D eigenvalue weighted by Gasteiger charge is -2.35. The van der Waals surface area contributed by atoms with E-state index in [1.807, 2.05) is 0 Å². The first-order valence-electron chi connectivity index (χ1n) is 16.8. The molecule has 1 saturated carbocycles. The van der Waals surface area contributed by atoms with Crippen molar-refractivity contribution in [3.63, 3.8) is 0 Å². The fraction of sp³-hybridized carbons (Fsp3) is 0.571. The molecule has 0 radical (unpaired) electrons. The number of allylic oxidation sites excluding steroid dienone is 1. The van der Waals surface area contributed by atoms with Crippen molar-refractivity contribution in [2.45, 2.75) is 109 Å². The number of sulfonamides is 1. The zero-order chi connectivity index (χ0) is 37.9. The van der Waals surface area contributed by atoms with Crippen molar-refractivity contribution in [2.75, 3.05) is 13.7 Å². The molecular formula is C35H48ClN5O9S. The summed E-state index contributed by atoms with van der Waals surface area (Å²) in [6.07, 6.45) is 2.69. The van der Waals surface area contributed by atoms with Crippen LogP contribution in [0.2, 0.25) is 5.02 Å². The zero-order valence-corrected chi connectivity index (χ0v) is 31.7. The van der Waals surface area contributed by atoms with Gasteiger partial charge in [-0.05, 0) is 70.1 Å². The fourth-order valence-electron chi connectivity index (χ4n) is 5.69. The van der Waals surface area contributed by atoms with E-state index in [4.69, 9.17) is 25.8 Å². The first-order chi connectivity index (χ1) is 23.7. The normalized spacial score (nSPS) is 19.1. The van der Waals surface area contributed by atoms with Gasteiger partial charge in [0, 0.05) is 22.2 Å². The number of nitrogens with one attached hydrogen (secondary N) is 3. The summed E-state index contributed by atoms with van der Waals surface area (Å²) >= 11 is 6.31. The standard InChI is InChI=1S/C35H48ClN5O9S/c1-9-10-11-25(29(42)40-51(46,47)22-13-14-22)38-30(43)26-17-21(49-31-24-16-20(36)12-15-23(24)27(48-8)18-37-31)19-41(26)32(44)28(34(2,3)4)39-33(45)50-35(5,6)7/h9,12,15-16,18,21-22,25-26,28H,1,10-11,13-14,17,19H2,2-8H3,(H,38,43)(H,39,45)(H,40,42)/t21-,25?,26+,28-/m1/s1. The van der Waals surface area contributed by atoms with Gasteiger partial charge in [0.1, 0.15) is 35.6 Å². The molecule has 1 aromatic heterocycles. The van der Waals surface area contributed by atoms with Gasteiger partial charge in [0.05, 0.1) is 25.1 Å². The number of carbonyl (C=O) groups is 4. The number of methoxy groups -OCH3 is 1. The molecule has 1 unspecified atom stereocenters. The lowest BCUT2D eigenvalue weighted by Crippen LogP contribution is -2.59. The second-order valence-corrected chi connectivity index (χ2v) is 17.3. The Kier molecular flexibility index (Phi) is 12.2. The Bertz CT molecular complexity index is 1770. The third-order valence-electron chi connectivity index (χ3n) is 8.40. The van der Waals surface area contributed by atoms with Crippen molar-refractivity contribution in [1.29, 1.82) is 0 Å². The molecule has 4 atom stereocenters. The highest BCUT2D eigenvalue weighted by Crippen LogP contribution is 2.35. The van der Waals surface area contributed by atoms with Gasteiger partial charge in [-0.15, -0.1) is 6.58 Å². The topological polar surface area (TPSA) is 182 Å². The summed E-state index contributed by atoms with van der Waals surface area (Å²) in [4.78, 5) is 60.3. The number of ether oxygens (including phenoxy) is 3. The van der Waals surface area contributed by atoms with Crippen molar-refractivity contribution >= 4 is 56.2 Å². The second kappa shape index (κ2) is 15.6. The van der Waals surface area contributed by atoms with Gasteiger partial charge in [-0.1, -0.05) is 38.4 Å². The van der Waals surface area contributed by atoms with Crippen LogP contribution in [0.4, 0.5) is 4.79 Å². The Labute approximate surface area is 304 Å². The van der Waals surface area contributed by atoms with Crippen LogP contribution in [0.15, 0.2) is 37.1 Å². The Balaban J connectivity index is 1.67. The quantitative estimate of drug-likeness (QED) is 0.251. The monoisotopic (exact) mass is 749 g/mol. The number of amides is 4. The SMILES string of the molecule is C=CCCC(NC(=O)[C@@H]1C[C@@H](Oc2ncc(OC)c3ccc(Cl)cc23)CN1C(=O)[C@@H](NC(=O)OC(C)(C)C)C(C)(C)C)C(=O)NS(=O)(=O)C1CC1. The third kappa shape index (κ3) is 10.2. The van der Waals surface area contributed by atoms with E-state index in [2.05, 4.69) is 26.9 Å². The molecule has 2 fully saturated rings. The number of aromatic nitrogens is 1. The number of carbonyl (C=O) groups excluding carboxylic acids is 4. The summed E-state index contributed by atoms with van der Waals surface area (Å²) in [5, 5.41) is 6.35. The van der Waals surface area contributed by atoms with Crippen LogP contribution in [0.25, 0.3) is 10.8 Å². The maximum Gasteiger partial charge on any atom is 0.408 e. The molecule has 0 spiro atoms. The van der Waals surface area contributed by atoms with E-state index in [1.165, 1.54) is 18.2 Å². The van der Waals surface area contributed by atoms with Crippen molar-refractivity contribution in [3.8, 4) is 11.6 Å². The average molecular weight is 750 g/mol. The Morgan fingerprint density at radius 2 is 1.78 bits per heavy atom. The van der Waals surface area contributed by atoms with E-state index in [0.717, 1.165) is 0 Å². The van der Waals surface area contributed by atoms with Crippen LogP contribution < -0.4 is 24.8 Å². The number of nitrogens with zero attached hydrogens (tertiary/aromatic N) is 2. The summed E-state index contributed by atoms with van der Waals surface area (Å²) < 4.78 is 44.5. The van der Waals surface area contributed by atoms with E-state index in [9.17, 15) is 27.6 Å². The van der Waals surface area contributed by atoms with Gasteiger partial charge in [0.2, 0.25) is 27.7 Å². The lowest BCUT2D eigenvalue weighted by atomic mass is 9.85. The number of hydrogen-bond acceptors (Lipinski definition) is 10. The van der Waals surface area contributed by atoms with Gasteiger partial charge in [0.25, 0.3) is 5.91 Å². The van der Waals surface area contributed by atoms with Crippen LogP contribution in [-0.2, 0) is 29.1 Å². The molecule has 1 saturated heterocycles. The molecule has 2 heterocycles. The molecule has 3 N–H and O–H groups in total. The van der Waals surface area contributed by atoms with Gasteiger partial charge in [-0.3, -0.25) is 19.1 Å². The van der Waals surface area contributed by atoms with Crippen LogP contribution in [0.1, 0.15) is 73.6 Å². The zero-order valence-electron chi connectivity index (χ0n) is 30.1. The maximum atomic E-state index is 14.4. The van der Waals surface area contributed by atoms with E-state index in [0.29, 0.717) is 40.8 Å². The number of likely N-dealkylation sites (tertiary alicyclic amines) is 1. The largest absolute Gasteiger partial charge is 0.494 e. The van der Waals surface area contributed by atoms with Gasteiger partial charge in [0.15, 0.2) is 0 Å². The molecule has 2 aliphatic rings. The molecule has 1 aliphatic carbocycles. The number of halogens is 1. The average Bonchev–Trinajstić information content (AvgIpc) is 3.81. The van der Waals surface area contributed by atoms with Gasteiger partial charge in [-0.25, -0.2) is 18.2 Å². The molecule has 16 heteroatoms. The highest BCUT2D eigenvalue weighted by molar-refractivity contribution is 7.90. The number of rotatable bonds is 13. The smallest absolute Gasteiger partial charge is 0.408 e. The second-order valence-electron chi connectivity index (χ2n) is 14.9. The van der Waals surface area contributed by atoms with E-state index < -0.39 is 74.3 Å². The van der Waals surface area contributed by atoms with Crippen molar-refractivity contribution < 1.29 is 41.8 Å². The maximum absolute atomic E-state index is 14.4. The third-order valence-corrected chi connectivity index (χ3v) is 10.5. The number of benzene rings is 1. The van der Waals surface area contributed by atoms with Crippen LogP contribution in [-0.4, -0.2) is 90.9 Å². The summed E-state index contributed by atoms with van der Waals surface area (Å²) in [6.45, 7) is 14.0. The first-order valence-corrected chi connectivity index (χ1v) is 18.7. The van der Waals surface area contributed by atoms with Crippen molar-refractivity contribution in [3.05, 3.63) is 42.1 Å². The predicted molar refractivity (Wildman–Crippen MR) is 192 cm³/mol. The van der Waals surface area contributed by atoms with E-state index in [1.54, 1.807) is 65.8 Å². The molecule has 0 bridgehead atoms. The predicted octanol–water partition coefficient (Wildman–Crippen LogP) is 4.24. The summed E-state index contributed by atoms with van der Waals surface area (Å²) in [6, 6.07) is 1.58. The molecule has 51 heavy (non-hydrogen) atoms. The minimum atomic E-state index is -3.90. The molecular weight excluding hydrogens is 702 g/mol. The van der Waals surface area contributed by atoms with E-state index in [-0.39, 0.29) is 25.3 Å². The highest BCUT2D eigenvalue weighted by Gasteiger charge is 2.47. The van der Waals surface area contributed by atoms with Gasteiger partial charge >= 0.3 is 6.09 Å². The molecule has 1 aromatic carbocycles. The summed E-state index contributed by atoms with van der Waals surface area (Å²) in [7, 11) is -2.39. The highest BCUT2D eigenvalue weighted by atomic mass is 35.5. The molecule has 4 amide bonds. The Morgan fingerprint density at radius 1 is 1.10 bits per heavy atom. The molecule has 280 valence electrons. The van der Waals surface area contributed by atoms with Crippen LogP contribution in [0.3, 0.4) is 0 Å².